The summed E-state index contributed by atoms with van der Waals surface area (Å²) in [5, 5.41) is 3.25. The van der Waals surface area contributed by atoms with Crippen LogP contribution in [0.25, 0.3) is 0 Å². The number of hydrogen-bond acceptors (Lipinski definition) is 2. The number of rotatable bonds is 3. The van der Waals surface area contributed by atoms with Gasteiger partial charge in [0.2, 0.25) is 0 Å². The van der Waals surface area contributed by atoms with Crippen molar-refractivity contribution in [3.05, 3.63) is 35.4 Å². The summed E-state index contributed by atoms with van der Waals surface area (Å²) in [5.41, 5.74) is 0.600. The molecule has 2 fully saturated rings. The van der Waals surface area contributed by atoms with E-state index in [1.807, 2.05) is 7.05 Å². The molecule has 110 valence electrons. The first kappa shape index (κ1) is 14.0. The van der Waals surface area contributed by atoms with Gasteiger partial charge in [0, 0.05) is 29.8 Å². The fourth-order valence-electron chi connectivity index (χ4n) is 4.12. The molecule has 4 heteroatoms. The van der Waals surface area contributed by atoms with Crippen molar-refractivity contribution in [2.24, 2.45) is 5.92 Å². The Morgan fingerprint density at radius 1 is 1.20 bits per heavy atom. The summed E-state index contributed by atoms with van der Waals surface area (Å²) in [4.78, 5) is 2.48. The molecule has 2 aliphatic heterocycles. The molecule has 20 heavy (non-hydrogen) atoms. The van der Waals surface area contributed by atoms with Crippen LogP contribution in [0, 0.1) is 17.6 Å². The van der Waals surface area contributed by atoms with E-state index in [2.05, 4.69) is 17.3 Å². The Morgan fingerprint density at radius 3 is 2.40 bits per heavy atom. The lowest BCUT2D eigenvalue weighted by molar-refractivity contribution is 0.113. The second kappa shape index (κ2) is 5.41. The molecule has 1 N–H and O–H groups in total. The van der Waals surface area contributed by atoms with Gasteiger partial charge in [-0.05, 0) is 51.8 Å². The van der Waals surface area contributed by atoms with Crippen molar-refractivity contribution in [1.29, 1.82) is 0 Å². The van der Waals surface area contributed by atoms with E-state index in [0.29, 0.717) is 23.6 Å². The van der Waals surface area contributed by atoms with E-state index in [1.54, 1.807) is 6.07 Å². The largest absolute Gasteiger partial charge is 0.313 e. The Kier molecular flexibility index (Phi) is 3.78. The lowest BCUT2D eigenvalue weighted by atomic mass is 9.82. The van der Waals surface area contributed by atoms with Crippen molar-refractivity contribution in [3.8, 4) is 0 Å². The zero-order valence-electron chi connectivity index (χ0n) is 12.1. The first-order valence-electron chi connectivity index (χ1n) is 7.44. The molecule has 0 amide bonds. The summed E-state index contributed by atoms with van der Waals surface area (Å²) in [6.07, 6.45) is 4.69. The zero-order valence-corrected chi connectivity index (χ0v) is 12.1. The monoisotopic (exact) mass is 280 g/mol. The molecule has 2 aliphatic rings. The average molecular weight is 280 g/mol. The number of benzene rings is 1. The third-order valence-corrected chi connectivity index (χ3v) is 5.21. The molecule has 2 bridgehead atoms. The maximum absolute atomic E-state index is 14.0. The van der Waals surface area contributed by atoms with Crippen molar-refractivity contribution in [1.82, 2.24) is 10.2 Å². The summed E-state index contributed by atoms with van der Waals surface area (Å²) in [5.74, 6) is -0.520. The second-order valence-corrected chi connectivity index (χ2v) is 6.21. The molecule has 0 spiro atoms. The molecule has 3 rings (SSSR count). The van der Waals surface area contributed by atoms with Crippen LogP contribution in [0.15, 0.2) is 18.2 Å². The highest BCUT2D eigenvalue weighted by Gasteiger charge is 2.41. The fourth-order valence-corrected chi connectivity index (χ4v) is 4.12. The van der Waals surface area contributed by atoms with Gasteiger partial charge in [0.15, 0.2) is 0 Å². The molecule has 0 aliphatic carbocycles. The Bertz CT molecular complexity index is 477. The van der Waals surface area contributed by atoms with Crippen LogP contribution in [0.2, 0.25) is 0 Å². The van der Waals surface area contributed by atoms with Crippen LogP contribution in [0.5, 0.6) is 0 Å². The van der Waals surface area contributed by atoms with E-state index in [9.17, 15) is 8.78 Å². The van der Waals surface area contributed by atoms with Crippen molar-refractivity contribution >= 4 is 0 Å². The van der Waals surface area contributed by atoms with Crippen LogP contribution in [-0.2, 0) is 0 Å². The van der Waals surface area contributed by atoms with Crippen LogP contribution >= 0.6 is 0 Å². The van der Waals surface area contributed by atoms with Gasteiger partial charge in [0.05, 0.1) is 0 Å². The summed E-state index contributed by atoms with van der Waals surface area (Å²) >= 11 is 0. The van der Waals surface area contributed by atoms with Crippen LogP contribution in [-0.4, -0.2) is 31.1 Å². The van der Waals surface area contributed by atoms with E-state index in [-0.39, 0.29) is 6.04 Å². The topological polar surface area (TPSA) is 15.3 Å². The number of nitrogens with zero attached hydrogens (tertiary/aromatic N) is 1. The third kappa shape index (κ3) is 2.35. The van der Waals surface area contributed by atoms with Crippen molar-refractivity contribution in [3.63, 3.8) is 0 Å². The number of fused-ring (bicyclic) bond motifs is 2. The highest BCUT2D eigenvalue weighted by atomic mass is 19.1. The quantitative estimate of drug-likeness (QED) is 0.915. The van der Waals surface area contributed by atoms with E-state index < -0.39 is 11.6 Å². The summed E-state index contributed by atoms with van der Waals surface area (Å²) in [6.45, 7) is 0. The van der Waals surface area contributed by atoms with Crippen LogP contribution in [0.4, 0.5) is 8.78 Å². The van der Waals surface area contributed by atoms with Gasteiger partial charge in [-0.1, -0.05) is 6.07 Å². The molecule has 0 saturated carbocycles. The van der Waals surface area contributed by atoms with Crippen molar-refractivity contribution in [2.75, 3.05) is 14.1 Å². The maximum Gasteiger partial charge on any atom is 0.130 e. The standard InChI is InChI=1S/C16H22F2N2/c1-19-16(14-6-3-11(17)9-15(14)18)10-7-12-4-5-13(8-10)20(12)2/h3,6,9-10,12-13,16,19H,4-5,7-8H2,1-2H3. The third-order valence-electron chi connectivity index (χ3n) is 5.21. The van der Waals surface area contributed by atoms with Gasteiger partial charge in [-0.15, -0.1) is 0 Å². The maximum atomic E-state index is 14.0. The van der Waals surface area contributed by atoms with Crippen LogP contribution < -0.4 is 5.32 Å². The van der Waals surface area contributed by atoms with Gasteiger partial charge in [0.25, 0.3) is 0 Å². The number of nitrogens with one attached hydrogen (secondary N) is 1. The smallest absolute Gasteiger partial charge is 0.130 e. The lowest BCUT2D eigenvalue weighted by Gasteiger charge is -2.40. The van der Waals surface area contributed by atoms with E-state index in [4.69, 9.17) is 0 Å². The minimum atomic E-state index is -0.510. The molecule has 0 radical (unpaired) electrons. The highest BCUT2D eigenvalue weighted by Crippen LogP contribution is 2.42. The van der Waals surface area contributed by atoms with Gasteiger partial charge < -0.3 is 10.2 Å². The molecule has 2 nitrogen and oxygen atoms in total. The number of piperidine rings is 1. The summed E-state index contributed by atoms with van der Waals surface area (Å²) in [7, 11) is 4.07. The molecule has 3 atom stereocenters. The SMILES string of the molecule is CNC(c1ccc(F)cc1F)C1CC2CCC(C1)N2C. The van der Waals surface area contributed by atoms with E-state index >= 15 is 0 Å². The Balaban J connectivity index is 1.83. The molecular weight excluding hydrogens is 258 g/mol. The molecule has 2 heterocycles. The Labute approximate surface area is 119 Å². The van der Waals surface area contributed by atoms with Crippen molar-refractivity contribution in [2.45, 2.75) is 43.8 Å². The highest BCUT2D eigenvalue weighted by molar-refractivity contribution is 5.23. The van der Waals surface area contributed by atoms with E-state index in [0.717, 1.165) is 18.9 Å². The molecule has 1 aromatic rings. The minimum absolute atomic E-state index is 0.0209. The summed E-state index contributed by atoms with van der Waals surface area (Å²) < 4.78 is 27.1. The zero-order chi connectivity index (χ0) is 14.3. The molecule has 1 aromatic carbocycles. The Morgan fingerprint density at radius 2 is 1.85 bits per heavy atom. The van der Waals surface area contributed by atoms with Crippen molar-refractivity contribution < 1.29 is 8.78 Å². The predicted molar refractivity (Wildman–Crippen MR) is 75.5 cm³/mol. The fraction of sp³-hybridized carbons (Fsp3) is 0.625. The van der Waals surface area contributed by atoms with E-state index in [1.165, 1.54) is 18.9 Å². The average Bonchev–Trinajstić information content (AvgIpc) is 2.64. The lowest BCUT2D eigenvalue weighted by Crippen LogP contribution is -2.43. The van der Waals surface area contributed by atoms with Gasteiger partial charge in [-0.25, -0.2) is 8.78 Å². The predicted octanol–water partition coefficient (Wildman–Crippen LogP) is 3.10. The Hall–Kier alpha value is -1.00. The van der Waals surface area contributed by atoms with Gasteiger partial charge in [0.1, 0.15) is 11.6 Å². The molecule has 0 aromatic heterocycles. The van der Waals surface area contributed by atoms with Crippen LogP contribution in [0.1, 0.15) is 37.3 Å². The first-order chi connectivity index (χ1) is 9.60. The number of halogens is 2. The van der Waals surface area contributed by atoms with Crippen LogP contribution in [0.3, 0.4) is 0 Å². The molecule has 2 saturated heterocycles. The first-order valence-corrected chi connectivity index (χ1v) is 7.44. The summed E-state index contributed by atoms with van der Waals surface area (Å²) in [6, 6.07) is 5.16. The van der Waals surface area contributed by atoms with Gasteiger partial charge in [-0.2, -0.15) is 0 Å². The minimum Gasteiger partial charge on any atom is -0.313 e. The molecule has 3 unspecified atom stereocenters. The molecular formula is C16H22F2N2. The second-order valence-electron chi connectivity index (χ2n) is 6.21. The number of hydrogen-bond donors (Lipinski definition) is 1. The van der Waals surface area contributed by atoms with Gasteiger partial charge >= 0.3 is 0 Å². The van der Waals surface area contributed by atoms with Gasteiger partial charge in [-0.3, -0.25) is 0 Å². The normalized spacial score (nSPS) is 31.5.